The molecule has 1 saturated heterocycles. The minimum atomic E-state index is 0.130. The average Bonchev–Trinajstić information content (AvgIpc) is 2.54. The van der Waals surface area contributed by atoms with Crippen molar-refractivity contribution in [2.45, 2.75) is 6.92 Å². The second-order valence-corrected chi connectivity index (χ2v) is 5.90. The van der Waals surface area contributed by atoms with Crippen molar-refractivity contribution in [1.82, 2.24) is 10.3 Å². The van der Waals surface area contributed by atoms with Gasteiger partial charge in [0.15, 0.2) is 0 Å². The molecule has 1 aliphatic rings. The van der Waals surface area contributed by atoms with Gasteiger partial charge in [0.25, 0.3) is 0 Å². The lowest BCUT2D eigenvalue weighted by Gasteiger charge is -2.31. The van der Waals surface area contributed by atoms with Crippen molar-refractivity contribution in [2.75, 3.05) is 56.2 Å². The van der Waals surface area contributed by atoms with Gasteiger partial charge in [0.05, 0.1) is 18.5 Å². The van der Waals surface area contributed by atoms with E-state index in [1.807, 2.05) is 18.1 Å². The van der Waals surface area contributed by atoms with E-state index in [9.17, 15) is 5.11 Å². The first kappa shape index (κ1) is 15.1. The number of nitrogens with one attached hydrogen (secondary N) is 1. The summed E-state index contributed by atoms with van der Waals surface area (Å²) in [6.07, 6.45) is 1.98. The summed E-state index contributed by atoms with van der Waals surface area (Å²) in [4.78, 5) is 9.11. The highest BCUT2D eigenvalue weighted by atomic mass is 16.3. The Kier molecular flexibility index (Phi) is 4.45. The summed E-state index contributed by atoms with van der Waals surface area (Å²) >= 11 is 0. The number of rotatable bonds is 4. The van der Waals surface area contributed by atoms with Crippen LogP contribution in [-0.4, -0.2) is 56.5 Å². The van der Waals surface area contributed by atoms with Crippen LogP contribution in [0.25, 0.3) is 10.8 Å². The van der Waals surface area contributed by atoms with Crippen LogP contribution in [0.4, 0.5) is 11.5 Å². The van der Waals surface area contributed by atoms with E-state index >= 15 is 0 Å². The number of piperazine rings is 1. The summed E-state index contributed by atoms with van der Waals surface area (Å²) in [5.41, 5.74) is 2.43. The summed E-state index contributed by atoms with van der Waals surface area (Å²) in [6.45, 7) is 6.87. The Hall–Kier alpha value is -1.85. The lowest BCUT2D eigenvalue weighted by molar-refractivity contribution is 0.304. The lowest BCUT2D eigenvalue weighted by Crippen LogP contribution is -2.43. The van der Waals surface area contributed by atoms with E-state index in [1.165, 1.54) is 16.6 Å². The number of aliphatic hydroxyl groups is 1. The predicted octanol–water partition coefficient (Wildman–Crippen LogP) is 1.38. The Balaban J connectivity index is 2.10. The third-order valence-corrected chi connectivity index (χ3v) is 4.26. The first-order chi connectivity index (χ1) is 10.7. The Labute approximate surface area is 131 Å². The zero-order chi connectivity index (χ0) is 15.5. The molecule has 0 spiro atoms. The topological polar surface area (TPSA) is 51.6 Å². The maximum atomic E-state index is 9.20. The number of hydrogen-bond donors (Lipinski definition) is 2. The highest BCUT2D eigenvalue weighted by Gasteiger charge is 2.17. The third kappa shape index (κ3) is 2.87. The third-order valence-electron chi connectivity index (χ3n) is 4.26. The van der Waals surface area contributed by atoms with Crippen molar-refractivity contribution in [3.05, 3.63) is 30.0 Å². The van der Waals surface area contributed by atoms with Crippen molar-refractivity contribution < 1.29 is 5.11 Å². The van der Waals surface area contributed by atoms with Crippen LogP contribution in [0.3, 0.4) is 0 Å². The predicted molar refractivity (Wildman–Crippen MR) is 91.9 cm³/mol. The molecule has 1 aliphatic heterocycles. The van der Waals surface area contributed by atoms with Gasteiger partial charge in [0.2, 0.25) is 0 Å². The van der Waals surface area contributed by atoms with Crippen molar-refractivity contribution >= 4 is 22.3 Å². The second kappa shape index (κ2) is 6.50. The molecule has 3 rings (SSSR count). The Morgan fingerprint density at radius 2 is 2.05 bits per heavy atom. The summed E-state index contributed by atoms with van der Waals surface area (Å²) in [6, 6.07) is 6.54. The van der Waals surface area contributed by atoms with Crippen LogP contribution in [0.1, 0.15) is 5.56 Å². The molecule has 5 nitrogen and oxygen atoms in total. The molecule has 0 unspecified atom stereocenters. The quantitative estimate of drug-likeness (QED) is 0.893. The number of aliphatic hydroxyl groups excluding tert-OH is 1. The van der Waals surface area contributed by atoms with E-state index in [4.69, 9.17) is 4.98 Å². The van der Waals surface area contributed by atoms with Gasteiger partial charge in [-0.2, -0.15) is 0 Å². The van der Waals surface area contributed by atoms with Gasteiger partial charge < -0.3 is 20.2 Å². The summed E-state index contributed by atoms with van der Waals surface area (Å²) < 4.78 is 0. The van der Waals surface area contributed by atoms with Gasteiger partial charge in [-0.3, -0.25) is 0 Å². The van der Waals surface area contributed by atoms with Gasteiger partial charge in [-0.05, 0) is 13.0 Å². The molecule has 0 aliphatic carbocycles. The minimum absolute atomic E-state index is 0.130. The van der Waals surface area contributed by atoms with Gasteiger partial charge in [-0.25, -0.2) is 4.98 Å². The molecule has 1 aromatic heterocycles. The molecular weight excluding hydrogens is 276 g/mol. The molecule has 0 amide bonds. The van der Waals surface area contributed by atoms with Crippen LogP contribution in [-0.2, 0) is 0 Å². The smallest absolute Gasteiger partial charge is 0.136 e. The first-order valence-electron chi connectivity index (χ1n) is 7.87. The number of aryl methyl sites for hydroxylation is 1. The van der Waals surface area contributed by atoms with Crippen molar-refractivity contribution in [1.29, 1.82) is 0 Å². The molecule has 0 saturated carbocycles. The fourth-order valence-corrected chi connectivity index (χ4v) is 3.05. The van der Waals surface area contributed by atoms with Crippen LogP contribution in [0, 0.1) is 6.92 Å². The Bertz CT molecular complexity index is 652. The summed E-state index contributed by atoms with van der Waals surface area (Å²) in [5.74, 6) is 0.937. The normalized spacial score (nSPS) is 15.3. The van der Waals surface area contributed by atoms with E-state index < -0.39 is 0 Å². The highest BCUT2D eigenvalue weighted by molar-refractivity contribution is 6.00. The largest absolute Gasteiger partial charge is 0.395 e. The number of pyridine rings is 1. The fourth-order valence-electron chi connectivity index (χ4n) is 3.05. The monoisotopic (exact) mass is 300 g/mol. The van der Waals surface area contributed by atoms with Gasteiger partial charge in [0, 0.05) is 50.5 Å². The van der Waals surface area contributed by atoms with Crippen molar-refractivity contribution in [3.8, 4) is 0 Å². The van der Waals surface area contributed by atoms with E-state index in [-0.39, 0.29) is 6.61 Å². The average molecular weight is 300 g/mol. The van der Waals surface area contributed by atoms with Crippen LogP contribution in [0.2, 0.25) is 0 Å². The molecule has 2 aromatic rings. The molecule has 5 heteroatoms. The molecule has 22 heavy (non-hydrogen) atoms. The minimum Gasteiger partial charge on any atom is -0.395 e. The standard InChI is InChI=1S/C17H24N4O/c1-13-3-4-14-15(11-13)17(20(2)9-10-22)19-12-16(14)21-7-5-18-6-8-21/h3-4,11-12,18,22H,5-10H2,1-2H3. The summed E-state index contributed by atoms with van der Waals surface area (Å²) in [7, 11) is 1.98. The molecule has 0 radical (unpaired) electrons. The van der Waals surface area contributed by atoms with Gasteiger partial charge in [-0.15, -0.1) is 0 Å². The lowest BCUT2D eigenvalue weighted by atomic mass is 10.1. The molecule has 1 fully saturated rings. The van der Waals surface area contributed by atoms with Crippen molar-refractivity contribution in [2.24, 2.45) is 0 Å². The maximum absolute atomic E-state index is 9.20. The number of likely N-dealkylation sites (N-methyl/N-ethyl adjacent to an activating group) is 1. The van der Waals surface area contributed by atoms with Gasteiger partial charge in [-0.1, -0.05) is 17.7 Å². The van der Waals surface area contributed by atoms with E-state index in [0.717, 1.165) is 37.4 Å². The molecule has 118 valence electrons. The maximum Gasteiger partial charge on any atom is 0.136 e. The summed E-state index contributed by atoms with van der Waals surface area (Å²) in [5, 5.41) is 15.0. The fraction of sp³-hybridized carbons (Fsp3) is 0.471. The molecular formula is C17H24N4O. The van der Waals surface area contributed by atoms with E-state index in [0.29, 0.717) is 6.54 Å². The van der Waals surface area contributed by atoms with Crippen LogP contribution in [0.5, 0.6) is 0 Å². The number of aromatic nitrogens is 1. The Morgan fingerprint density at radius 3 is 2.77 bits per heavy atom. The van der Waals surface area contributed by atoms with E-state index in [2.05, 4.69) is 35.3 Å². The van der Waals surface area contributed by atoms with Crippen LogP contribution >= 0.6 is 0 Å². The second-order valence-electron chi connectivity index (χ2n) is 5.90. The molecule has 0 bridgehead atoms. The van der Waals surface area contributed by atoms with Crippen LogP contribution < -0.4 is 15.1 Å². The molecule has 1 aromatic carbocycles. The zero-order valence-corrected chi connectivity index (χ0v) is 13.3. The number of benzene rings is 1. The Morgan fingerprint density at radius 1 is 1.27 bits per heavy atom. The zero-order valence-electron chi connectivity index (χ0n) is 13.3. The van der Waals surface area contributed by atoms with Crippen LogP contribution in [0.15, 0.2) is 24.4 Å². The SMILES string of the molecule is Cc1ccc2c(N3CCNCC3)cnc(N(C)CCO)c2c1. The molecule has 0 atom stereocenters. The highest BCUT2D eigenvalue weighted by Crippen LogP contribution is 2.32. The first-order valence-corrected chi connectivity index (χ1v) is 7.87. The number of anilines is 2. The molecule has 2 N–H and O–H groups in total. The number of nitrogens with zero attached hydrogens (tertiary/aromatic N) is 3. The molecule has 2 heterocycles. The number of hydrogen-bond acceptors (Lipinski definition) is 5. The van der Waals surface area contributed by atoms with E-state index in [1.54, 1.807) is 0 Å². The van der Waals surface area contributed by atoms with Gasteiger partial charge >= 0.3 is 0 Å². The number of fused-ring (bicyclic) bond motifs is 1. The van der Waals surface area contributed by atoms with Gasteiger partial charge in [0.1, 0.15) is 5.82 Å². The van der Waals surface area contributed by atoms with Crippen molar-refractivity contribution in [3.63, 3.8) is 0 Å².